The van der Waals surface area contributed by atoms with E-state index in [2.05, 4.69) is 60.4 Å². The predicted octanol–water partition coefficient (Wildman–Crippen LogP) is 14.9. The van der Waals surface area contributed by atoms with Crippen LogP contribution in [-0.4, -0.2) is 17.7 Å². The van der Waals surface area contributed by atoms with Gasteiger partial charge in [-0.05, 0) is 200 Å². The van der Waals surface area contributed by atoms with E-state index in [1.54, 1.807) is 121 Å². The maximum atomic E-state index is 10.7. The van der Waals surface area contributed by atoms with Gasteiger partial charge in [-0.1, -0.05) is 101 Å². The van der Waals surface area contributed by atoms with Crippen molar-refractivity contribution in [3.05, 3.63) is 116 Å². The first kappa shape index (κ1) is 31.7. The molecule has 10 aliphatic carbocycles. The zero-order chi connectivity index (χ0) is 39.2. The lowest BCUT2D eigenvalue weighted by Gasteiger charge is -2.52. The molecule has 61 heavy (non-hydrogen) atoms. The topological polar surface area (TPSA) is 23.5 Å². The highest BCUT2D eigenvalue weighted by Crippen LogP contribution is 2.83. The third-order valence-electron chi connectivity index (χ3n) is 20.3. The number of fused-ring (bicyclic) bond motifs is 5. The normalized spacial score (nSPS) is 29.6. The van der Waals surface area contributed by atoms with Crippen LogP contribution >= 0.6 is 0 Å². The number of phenols is 1. The van der Waals surface area contributed by atoms with Crippen LogP contribution in [-0.2, 0) is 10.8 Å². The van der Waals surface area contributed by atoms with Crippen LogP contribution < -0.4 is 4.90 Å². The van der Waals surface area contributed by atoms with Crippen molar-refractivity contribution in [1.29, 1.82) is 0 Å². The minimum absolute atomic E-state index is 0.177. The number of aromatic hydroxyl groups is 1. The number of hydrogen-bond donors (Lipinski definition) is 1. The van der Waals surface area contributed by atoms with Crippen molar-refractivity contribution in [1.82, 2.24) is 0 Å². The summed E-state index contributed by atoms with van der Waals surface area (Å²) in [5, 5.41) is 27.7. The number of allylic oxidation sites excluding steroid dienone is 2. The number of unbranched alkanes of at least 4 members (excludes halogenated alkanes) is 8. The van der Waals surface area contributed by atoms with E-state index in [-0.39, 0.29) is 10.8 Å². The molecular weight excluding hydrogens is 739 g/mol. The Labute approximate surface area is 356 Å². The molecule has 2 nitrogen and oxygen atoms in total. The molecule has 7 aromatic rings. The number of rotatable bonds is 11. The molecule has 7 aromatic carbocycles. The van der Waals surface area contributed by atoms with E-state index < -0.39 is 0 Å². The van der Waals surface area contributed by atoms with Crippen LogP contribution in [0, 0.1) is 0 Å². The van der Waals surface area contributed by atoms with E-state index in [1.165, 1.54) is 95.6 Å². The largest absolute Gasteiger partial charge is 0.508 e. The van der Waals surface area contributed by atoms with Gasteiger partial charge < -0.3 is 10.0 Å². The molecule has 7 unspecified atom stereocenters. The maximum absolute atomic E-state index is 10.7. The molecule has 11 aliphatic rings. The van der Waals surface area contributed by atoms with Gasteiger partial charge >= 0.3 is 0 Å². The highest BCUT2D eigenvalue weighted by Gasteiger charge is 2.76. The van der Waals surface area contributed by atoms with E-state index in [0.29, 0.717) is 35.5 Å². The first-order valence-electron chi connectivity index (χ1n) is 24.8. The Morgan fingerprint density at radius 3 is 1.80 bits per heavy atom. The first-order chi connectivity index (χ1) is 30.2. The van der Waals surface area contributed by atoms with Gasteiger partial charge in [0.2, 0.25) is 0 Å². The fourth-order valence-electron chi connectivity index (χ4n) is 18.8. The summed E-state index contributed by atoms with van der Waals surface area (Å²) in [7, 11) is 0. The first-order valence-corrected chi connectivity index (χ1v) is 24.8. The molecule has 1 N–H and O–H groups in total. The van der Waals surface area contributed by atoms with Crippen molar-refractivity contribution in [3.63, 3.8) is 0 Å². The summed E-state index contributed by atoms with van der Waals surface area (Å²) in [5.74, 6) is 2.86. The van der Waals surface area contributed by atoms with Gasteiger partial charge in [-0.25, -0.2) is 0 Å². The van der Waals surface area contributed by atoms with Gasteiger partial charge in [0.25, 0.3) is 0 Å². The summed E-state index contributed by atoms with van der Waals surface area (Å²) in [5.41, 5.74) is 24.8. The summed E-state index contributed by atoms with van der Waals surface area (Å²) in [6, 6.07) is 19.3. The summed E-state index contributed by atoms with van der Waals surface area (Å²) in [6.45, 7) is 3.32. The Morgan fingerprint density at radius 1 is 0.541 bits per heavy atom. The van der Waals surface area contributed by atoms with Gasteiger partial charge in [-0.15, -0.1) is 0 Å². The smallest absolute Gasteiger partial charge is 0.115 e. The molecule has 2 heteroatoms. The molecule has 1 fully saturated rings. The Balaban J connectivity index is 0.997. The van der Waals surface area contributed by atoms with Gasteiger partial charge in [0.05, 0.1) is 10.8 Å². The maximum Gasteiger partial charge on any atom is 0.115 e. The van der Waals surface area contributed by atoms with Gasteiger partial charge in [-0.2, -0.15) is 0 Å². The second-order valence-electron chi connectivity index (χ2n) is 21.9. The average Bonchev–Trinajstić information content (AvgIpc) is 4.13. The minimum atomic E-state index is -0.181. The highest BCUT2D eigenvalue weighted by molar-refractivity contribution is 6.47. The Morgan fingerprint density at radius 2 is 1.13 bits per heavy atom. The molecule has 0 bridgehead atoms. The van der Waals surface area contributed by atoms with Crippen LogP contribution in [0.5, 0.6) is 5.75 Å². The molecule has 0 amide bonds. The van der Waals surface area contributed by atoms with Crippen LogP contribution in [0.2, 0.25) is 0 Å². The predicted molar refractivity (Wildman–Crippen MR) is 251 cm³/mol. The van der Waals surface area contributed by atoms with Crippen molar-refractivity contribution >= 4 is 70.7 Å². The van der Waals surface area contributed by atoms with Crippen LogP contribution in [0.15, 0.2) is 60.7 Å². The molecule has 1 aliphatic heterocycles. The number of nitrogens with zero attached hydrogens (tertiary/aromatic N) is 1. The number of benzene rings is 7. The standard InChI is InChI=1S/C59H49NO/c1-2-3-4-5-6-7-8-9-10-11-39-59-38-25-24-37-35-22-20-33-31-18-16-29-30-17-19-32-34-21-23-36(38)47-45(34)50-43(32)41(30)48-40(29)42(31)49-44(33)46(35)56(54-52(49)51(48)53(50)55(54)57(47)59)58(37,59)26-60(39)27-12-14-28(61)15-13-27/h12-15,20-25,29-32,39,61H,2-11,16-19,26H2,1H3. The summed E-state index contributed by atoms with van der Waals surface area (Å²) in [4.78, 5) is 2.92. The number of phenolic OH excluding ortho intramolecular Hbond substituents is 1. The lowest BCUT2D eigenvalue weighted by atomic mass is 9.47. The van der Waals surface area contributed by atoms with Crippen molar-refractivity contribution in [3.8, 4) is 16.9 Å². The lowest BCUT2D eigenvalue weighted by molar-refractivity contribution is 0.372. The third kappa shape index (κ3) is 2.84. The monoisotopic (exact) mass is 787 g/mol. The zero-order valence-electron chi connectivity index (χ0n) is 35.2. The van der Waals surface area contributed by atoms with Crippen molar-refractivity contribution in [2.75, 3.05) is 11.4 Å². The van der Waals surface area contributed by atoms with Gasteiger partial charge in [0.1, 0.15) is 5.75 Å². The molecule has 0 saturated carbocycles. The van der Waals surface area contributed by atoms with E-state index in [0.717, 1.165) is 6.54 Å². The molecular formula is C59H49NO. The molecule has 2 spiro atoms. The number of anilines is 1. The molecule has 296 valence electrons. The molecule has 18 rings (SSSR count). The molecule has 0 radical (unpaired) electrons. The summed E-state index contributed by atoms with van der Waals surface area (Å²) < 4.78 is 0. The van der Waals surface area contributed by atoms with E-state index in [4.69, 9.17) is 0 Å². The lowest BCUT2D eigenvalue weighted by Crippen LogP contribution is -2.54. The molecule has 7 atom stereocenters. The van der Waals surface area contributed by atoms with Crippen LogP contribution in [0.25, 0.3) is 76.1 Å². The van der Waals surface area contributed by atoms with Crippen molar-refractivity contribution in [2.24, 2.45) is 0 Å². The molecule has 0 aromatic heterocycles. The van der Waals surface area contributed by atoms with Gasteiger partial charge in [0.15, 0.2) is 0 Å². The molecule has 1 heterocycles. The molecule has 1 saturated heterocycles. The van der Waals surface area contributed by atoms with Crippen LogP contribution in [0.1, 0.15) is 176 Å². The average molecular weight is 788 g/mol. The van der Waals surface area contributed by atoms with Crippen molar-refractivity contribution in [2.45, 2.75) is 137 Å². The fraction of sp³-hybridized carbons (Fsp3) is 0.390. The van der Waals surface area contributed by atoms with Crippen LogP contribution in [0.4, 0.5) is 5.69 Å². The summed E-state index contributed by atoms with van der Waals surface area (Å²) in [6.07, 6.45) is 24.1. The SMILES string of the molecule is CCCCCCCCCCCC1N(c2ccc(O)cc2)CC23C4=CC=C5c6ccc7c8c6c(c6c9c8c8c%10c%11c%12c%13c%14c%15c(ccc4c%15c2c-6c%14c%119)C%13CCC%12C%10CCC78)C513. The fourth-order valence-corrected chi connectivity index (χ4v) is 18.8. The minimum Gasteiger partial charge on any atom is -0.508 e. The highest BCUT2D eigenvalue weighted by atomic mass is 16.3. The second-order valence-corrected chi connectivity index (χ2v) is 21.9. The van der Waals surface area contributed by atoms with Crippen LogP contribution in [0.3, 0.4) is 0 Å². The Hall–Kier alpha value is -5.08. The second kappa shape index (κ2) is 9.76. The van der Waals surface area contributed by atoms with Crippen molar-refractivity contribution < 1.29 is 5.11 Å². The van der Waals surface area contributed by atoms with Gasteiger partial charge in [-0.3, -0.25) is 0 Å². The number of hydrogen-bond acceptors (Lipinski definition) is 2. The Kier molecular flexibility index (Phi) is 5.07. The Bertz CT molecular complexity index is 3510. The summed E-state index contributed by atoms with van der Waals surface area (Å²) >= 11 is 0. The van der Waals surface area contributed by atoms with E-state index in [9.17, 15) is 5.11 Å². The third-order valence-corrected chi connectivity index (χ3v) is 20.3. The van der Waals surface area contributed by atoms with E-state index in [1.807, 2.05) is 23.3 Å². The van der Waals surface area contributed by atoms with E-state index >= 15 is 0 Å². The zero-order valence-corrected chi connectivity index (χ0v) is 35.2. The quantitative estimate of drug-likeness (QED) is 0.104. The van der Waals surface area contributed by atoms with Gasteiger partial charge in [0, 0.05) is 30.1 Å².